The van der Waals surface area contributed by atoms with Gasteiger partial charge in [-0.15, -0.1) is 0 Å². The van der Waals surface area contributed by atoms with Gasteiger partial charge in [-0.05, 0) is 31.0 Å². The van der Waals surface area contributed by atoms with Gasteiger partial charge in [-0.3, -0.25) is 0 Å². The van der Waals surface area contributed by atoms with Crippen LogP contribution in [-0.2, 0) is 0 Å². The van der Waals surface area contributed by atoms with Crippen molar-refractivity contribution in [3.63, 3.8) is 0 Å². The Bertz CT molecular complexity index is 587. The van der Waals surface area contributed by atoms with Crippen LogP contribution in [0.5, 0.6) is 0 Å². The molecule has 0 unspecified atom stereocenters. The highest BCUT2D eigenvalue weighted by molar-refractivity contribution is 7.99. The number of nitrogens with zero attached hydrogens (tertiary/aromatic N) is 2. The Balaban J connectivity index is 2.38. The number of nitrogens with one attached hydrogen (secondary N) is 1. The third kappa shape index (κ3) is 3.48. The van der Waals surface area contributed by atoms with Gasteiger partial charge >= 0.3 is 0 Å². The van der Waals surface area contributed by atoms with E-state index in [1.165, 1.54) is 23.9 Å². The van der Waals surface area contributed by atoms with Gasteiger partial charge < -0.3 is 5.32 Å². The lowest BCUT2D eigenvalue weighted by molar-refractivity contribution is 0.624. The number of benzene rings is 1. The van der Waals surface area contributed by atoms with E-state index in [0.29, 0.717) is 5.92 Å². The zero-order valence-electron chi connectivity index (χ0n) is 11.9. The van der Waals surface area contributed by atoms with Gasteiger partial charge in [0.25, 0.3) is 0 Å². The van der Waals surface area contributed by atoms with Crippen molar-refractivity contribution in [1.82, 2.24) is 9.97 Å². The van der Waals surface area contributed by atoms with E-state index in [4.69, 9.17) is 0 Å². The SMILES string of the molecule is CCNc1ncnc(Sc2cccc(F)c2)c1C(C)C. The maximum absolute atomic E-state index is 13.3. The molecule has 0 saturated carbocycles. The largest absolute Gasteiger partial charge is 0.370 e. The molecule has 3 nitrogen and oxygen atoms in total. The van der Waals surface area contributed by atoms with Crippen LogP contribution in [-0.4, -0.2) is 16.5 Å². The van der Waals surface area contributed by atoms with E-state index >= 15 is 0 Å². The van der Waals surface area contributed by atoms with Crippen LogP contribution >= 0.6 is 11.8 Å². The van der Waals surface area contributed by atoms with E-state index in [1.54, 1.807) is 12.4 Å². The third-order valence-corrected chi connectivity index (χ3v) is 3.79. The fourth-order valence-electron chi connectivity index (χ4n) is 1.93. The molecule has 0 bridgehead atoms. The minimum atomic E-state index is -0.234. The van der Waals surface area contributed by atoms with Crippen LogP contribution in [0.15, 0.2) is 40.5 Å². The lowest BCUT2D eigenvalue weighted by Gasteiger charge is -2.15. The highest BCUT2D eigenvalue weighted by atomic mass is 32.2. The minimum absolute atomic E-state index is 0.234. The molecule has 1 heterocycles. The number of hydrogen-bond acceptors (Lipinski definition) is 4. The van der Waals surface area contributed by atoms with Crippen LogP contribution in [0.1, 0.15) is 32.3 Å². The average Bonchev–Trinajstić information content (AvgIpc) is 2.39. The van der Waals surface area contributed by atoms with E-state index < -0.39 is 0 Å². The van der Waals surface area contributed by atoms with Gasteiger partial charge in [-0.2, -0.15) is 0 Å². The van der Waals surface area contributed by atoms with Crippen molar-refractivity contribution in [2.75, 3.05) is 11.9 Å². The molecule has 106 valence electrons. The molecular formula is C15H18FN3S. The summed E-state index contributed by atoms with van der Waals surface area (Å²) in [4.78, 5) is 9.50. The van der Waals surface area contributed by atoms with Gasteiger partial charge in [-0.25, -0.2) is 14.4 Å². The van der Waals surface area contributed by atoms with Crippen molar-refractivity contribution in [1.29, 1.82) is 0 Å². The summed E-state index contributed by atoms with van der Waals surface area (Å²) in [6, 6.07) is 6.55. The van der Waals surface area contributed by atoms with Crippen molar-refractivity contribution in [2.24, 2.45) is 0 Å². The Morgan fingerprint density at radius 1 is 1.30 bits per heavy atom. The summed E-state index contributed by atoms with van der Waals surface area (Å²) in [7, 11) is 0. The van der Waals surface area contributed by atoms with E-state index in [9.17, 15) is 4.39 Å². The quantitative estimate of drug-likeness (QED) is 0.832. The third-order valence-electron chi connectivity index (χ3n) is 2.78. The minimum Gasteiger partial charge on any atom is -0.370 e. The van der Waals surface area contributed by atoms with Crippen LogP contribution in [0.3, 0.4) is 0 Å². The van der Waals surface area contributed by atoms with Gasteiger partial charge in [0.1, 0.15) is 23.0 Å². The van der Waals surface area contributed by atoms with Crippen LogP contribution in [0.4, 0.5) is 10.2 Å². The Labute approximate surface area is 123 Å². The Morgan fingerprint density at radius 2 is 2.10 bits per heavy atom. The molecule has 1 aromatic heterocycles. The summed E-state index contributed by atoms with van der Waals surface area (Å²) in [5.41, 5.74) is 1.07. The van der Waals surface area contributed by atoms with Crippen molar-refractivity contribution in [3.8, 4) is 0 Å². The monoisotopic (exact) mass is 291 g/mol. The standard InChI is InChI=1S/C15H18FN3S/c1-4-17-14-13(10(2)3)15(19-9-18-14)20-12-7-5-6-11(16)8-12/h5-10H,4H2,1-3H3,(H,17,18,19). The Kier molecular flexibility index (Phi) is 4.95. The highest BCUT2D eigenvalue weighted by Crippen LogP contribution is 2.35. The number of anilines is 1. The first kappa shape index (κ1) is 14.8. The highest BCUT2D eigenvalue weighted by Gasteiger charge is 2.15. The first-order valence-corrected chi connectivity index (χ1v) is 7.45. The molecule has 0 amide bonds. The number of hydrogen-bond donors (Lipinski definition) is 1. The molecule has 2 aromatic rings. The molecule has 0 aliphatic rings. The van der Waals surface area contributed by atoms with Crippen molar-refractivity contribution >= 4 is 17.6 Å². The van der Waals surface area contributed by atoms with Crippen LogP contribution < -0.4 is 5.32 Å². The predicted molar refractivity (Wildman–Crippen MR) is 80.8 cm³/mol. The molecule has 0 fully saturated rings. The Hall–Kier alpha value is -1.62. The molecule has 20 heavy (non-hydrogen) atoms. The van der Waals surface area contributed by atoms with Crippen LogP contribution in [0.25, 0.3) is 0 Å². The van der Waals surface area contributed by atoms with Crippen molar-refractivity contribution in [2.45, 2.75) is 36.6 Å². The van der Waals surface area contributed by atoms with Gasteiger partial charge in [0.2, 0.25) is 0 Å². The van der Waals surface area contributed by atoms with Crippen molar-refractivity contribution < 1.29 is 4.39 Å². The van der Waals surface area contributed by atoms with Gasteiger partial charge in [0.15, 0.2) is 0 Å². The summed E-state index contributed by atoms with van der Waals surface area (Å²) in [6.45, 7) is 7.05. The molecule has 1 aromatic carbocycles. The molecule has 0 saturated heterocycles. The summed E-state index contributed by atoms with van der Waals surface area (Å²) >= 11 is 1.47. The lowest BCUT2D eigenvalue weighted by Crippen LogP contribution is -2.07. The van der Waals surface area contributed by atoms with Gasteiger partial charge in [-0.1, -0.05) is 31.7 Å². The Morgan fingerprint density at radius 3 is 2.75 bits per heavy atom. The second-order valence-corrected chi connectivity index (χ2v) is 5.75. The van der Waals surface area contributed by atoms with Crippen molar-refractivity contribution in [3.05, 3.63) is 42.0 Å². The molecule has 5 heteroatoms. The maximum Gasteiger partial charge on any atom is 0.133 e. The number of halogens is 1. The molecule has 0 aliphatic carbocycles. The number of aromatic nitrogens is 2. The van der Waals surface area contributed by atoms with E-state index in [1.807, 2.05) is 13.0 Å². The summed E-state index contributed by atoms with van der Waals surface area (Å²) in [6.07, 6.45) is 1.55. The van der Waals surface area contributed by atoms with E-state index in [-0.39, 0.29) is 5.82 Å². The lowest BCUT2D eigenvalue weighted by atomic mass is 10.1. The molecule has 0 radical (unpaired) electrons. The smallest absolute Gasteiger partial charge is 0.133 e. The second-order valence-electron chi connectivity index (χ2n) is 4.69. The molecule has 2 rings (SSSR count). The molecule has 1 N–H and O–H groups in total. The van der Waals surface area contributed by atoms with E-state index in [0.717, 1.165) is 27.8 Å². The van der Waals surface area contributed by atoms with Crippen LogP contribution in [0.2, 0.25) is 0 Å². The zero-order valence-corrected chi connectivity index (χ0v) is 12.7. The summed E-state index contributed by atoms with van der Waals surface area (Å²) in [5, 5.41) is 4.13. The summed E-state index contributed by atoms with van der Waals surface area (Å²) < 4.78 is 13.3. The molecule has 0 aliphatic heterocycles. The van der Waals surface area contributed by atoms with Gasteiger partial charge in [0, 0.05) is 17.0 Å². The van der Waals surface area contributed by atoms with E-state index in [2.05, 4.69) is 29.1 Å². The maximum atomic E-state index is 13.3. The normalized spacial score (nSPS) is 10.8. The molecule has 0 atom stereocenters. The average molecular weight is 291 g/mol. The topological polar surface area (TPSA) is 37.8 Å². The second kappa shape index (κ2) is 6.70. The first-order valence-electron chi connectivity index (χ1n) is 6.64. The first-order chi connectivity index (χ1) is 9.61. The molecular weight excluding hydrogens is 273 g/mol. The van der Waals surface area contributed by atoms with Gasteiger partial charge in [0.05, 0.1) is 0 Å². The predicted octanol–water partition coefficient (Wildman–Crippen LogP) is 4.32. The fraction of sp³-hybridized carbons (Fsp3) is 0.333. The zero-order chi connectivity index (χ0) is 14.5. The summed E-state index contributed by atoms with van der Waals surface area (Å²) in [5.74, 6) is 0.916. The number of rotatable bonds is 5. The molecule has 0 spiro atoms. The fourth-order valence-corrected chi connectivity index (χ4v) is 3.02. The van der Waals surface area contributed by atoms with Crippen LogP contribution in [0, 0.1) is 5.82 Å².